The number of nitrogens with zero attached hydrogens (tertiary/aromatic N) is 1. The lowest BCUT2D eigenvalue weighted by Gasteiger charge is -2.19. The highest BCUT2D eigenvalue weighted by atomic mass is 32.1. The van der Waals surface area contributed by atoms with E-state index in [1.165, 1.54) is 4.90 Å². The summed E-state index contributed by atoms with van der Waals surface area (Å²) in [5.41, 5.74) is 6.23. The summed E-state index contributed by atoms with van der Waals surface area (Å²) < 4.78 is 10.5. The first-order chi connectivity index (χ1) is 8.20. The summed E-state index contributed by atoms with van der Waals surface area (Å²) in [5, 5.41) is 0. The van der Waals surface area contributed by atoms with Crippen LogP contribution < -0.4 is 15.2 Å². The monoisotopic (exact) mass is 254 g/mol. The normalized spacial score (nSPS) is 12.5. The Morgan fingerprint density at radius 2 is 2.18 bits per heavy atom. The second-order valence-electron chi connectivity index (χ2n) is 3.67. The predicted molar refractivity (Wildman–Crippen MR) is 66.4 cm³/mol. The van der Waals surface area contributed by atoms with Crippen molar-refractivity contribution in [1.29, 1.82) is 0 Å². The number of hydrogen-bond acceptors (Lipinski definition) is 4. The molecule has 0 radical (unpaired) electrons. The molecular formula is C11H14N2O3S. The molecule has 1 heterocycles. The van der Waals surface area contributed by atoms with Crippen molar-refractivity contribution in [3.8, 4) is 11.5 Å². The number of benzene rings is 1. The summed E-state index contributed by atoms with van der Waals surface area (Å²) in [6.07, 6.45) is 0. The van der Waals surface area contributed by atoms with Gasteiger partial charge in [0.2, 0.25) is 6.79 Å². The molecule has 2 amide bonds. The van der Waals surface area contributed by atoms with Crippen molar-refractivity contribution in [3.05, 3.63) is 23.8 Å². The second kappa shape index (κ2) is 5.18. The van der Waals surface area contributed by atoms with Crippen LogP contribution in [0.25, 0.3) is 0 Å². The molecule has 1 aromatic rings. The summed E-state index contributed by atoms with van der Waals surface area (Å²) in [5.74, 6) is 2.01. The highest BCUT2D eigenvalue weighted by Gasteiger charge is 2.15. The standard InChI is InChI=1S/C11H14N2O3S/c12-11(14)13(3-4-17)6-8-1-2-9-10(5-8)16-7-15-9/h1-2,5,17H,3-4,6-7H2,(H2,12,14). The van der Waals surface area contributed by atoms with Gasteiger partial charge in [-0.05, 0) is 17.7 Å². The maximum absolute atomic E-state index is 11.2. The summed E-state index contributed by atoms with van der Waals surface area (Å²) in [4.78, 5) is 12.7. The Morgan fingerprint density at radius 1 is 1.41 bits per heavy atom. The molecule has 2 rings (SSSR count). The van der Waals surface area contributed by atoms with Gasteiger partial charge in [-0.15, -0.1) is 0 Å². The van der Waals surface area contributed by atoms with E-state index in [-0.39, 0.29) is 6.79 Å². The Morgan fingerprint density at radius 3 is 2.88 bits per heavy atom. The number of carbonyl (C=O) groups is 1. The molecule has 0 bridgehead atoms. The summed E-state index contributed by atoms with van der Waals surface area (Å²) in [7, 11) is 0. The third-order valence-corrected chi connectivity index (χ3v) is 2.69. The Labute approximate surface area is 105 Å². The second-order valence-corrected chi connectivity index (χ2v) is 4.12. The number of rotatable bonds is 4. The van der Waals surface area contributed by atoms with Crippen LogP contribution in [0.4, 0.5) is 4.79 Å². The van der Waals surface area contributed by atoms with E-state index < -0.39 is 6.03 Å². The van der Waals surface area contributed by atoms with Crippen LogP contribution in [-0.2, 0) is 6.54 Å². The SMILES string of the molecule is NC(=O)N(CCS)Cc1ccc2c(c1)OCO2. The van der Waals surface area contributed by atoms with Crippen LogP contribution in [0.1, 0.15) is 5.56 Å². The molecule has 0 saturated carbocycles. The van der Waals surface area contributed by atoms with Gasteiger partial charge < -0.3 is 20.1 Å². The van der Waals surface area contributed by atoms with Gasteiger partial charge in [0, 0.05) is 18.8 Å². The number of fused-ring (bicyclic) bond motifs is 1. The number of hydrogen-bond donors (Lipinski definition) is 2. The quantitative estimate of drug-likeness (QED) is 0.794. The van der Waals surface area contributed by atoms with Crippen LogP contribution in [0.3, 0.4) is 0 Å². The van der Waals surface area contributed by atoms with Gasteiger partial charge in [-0.2, -0.15) is 12.6 Å². The fraction of sp³-hybridized carbons (Fsp3) is 0.364. The molecular weight excluding hydrogens is 240 g/mol. The molecule has 17 heavy (non-hydrogen) atoms. The van der Waals surface area contributed by atoms with Crippen LogP contribution in [0, 0.1) is 0 Å². The molecule has 0 saturated heterocycles. The molecule has 0 aliphatic carbocycles. The highest BCUT2D eigenvalue weighted by Crippen LogP contribution is 2.32. The summed E-state index contributed by atoms with van der Waals surface area (Å²) in [6, 6.07) is 5.13. The first kappa shape index (κ1) is 11.9. The number of amides is 2. The van der Waals surface area contributed by atoms with E-state index in [4.69, 9.17) is 15.2 Å². The molecule has 5 nitrogen and oxygen atoms in total. The van der Waals surface area contributed by atoms with E-state index in [9.17, 15) is 4.79 Å². The van der Waals surface area contributed by atoms with E-state index in [0.29, 0.717) is 24.6 Å². The number of thiol groups is 1. The maximum atomic E-state index is 11.2. The lowest BCUT2D eigenvalue weighted by molar-refractivity contribution is 0.174. The number of primary amides is 1. The molecule has 1 aliphatic heterocycles. The Bertz CT molecular complexity index is 425. The number of nitrogens with two attached hydrogens (primary N) is 1. The molecule has 1 aliphatic rings. The fourth-order valence-electron chi connectivity index (χ4n) is 1.65. The first-order valence-electron chi connectivity index (χ1n) is 5.24. The topological polar surface area (TPSA) is 64.8 Å². The molecule has 0 atom stereocenters. The van der Waals surface area contributed by atoms with E-state index in [1.807, 2.05) is 18.2 Å². The Kier molecular flexibility index (Phi) is 3.63. The molecule has 0 aromatic heterocycles. The predicted octanol–water partition coefficient (Wildman–Crippen LogP) is 1.23. The average Bonchev–Trinajstić information content (AvgIpc) is 2.75. The molecule has 0 fully saturated rings. The van der Waals surface area contributed by atoms with Gasteiger partial charge in [0.1, 0.15) is 0 Å². The molecule has 92 valence electrons. The molecule has 6 heteroatoms. The van der Waals surface area contributed by atoms with E-state index in [0.717, 1.165) is 11.3 Å². The minimum absolute atomic E-state index is 0.245. The zero-order valence-electron chi connectivity index (χ0n) is 9.26. The number of urea groups is 1. The number of carbonyl (C=O) groups excluding carboxylic acids is 1. The third kappa shape index (κ3) is 2.76. The van der Waals surface area contributed by atoms with Crippen molar-refractivity contribution < 1.29 is 14.3 Å². The Balaban J connectivity index is 2.09. The van der Waals surface area contributed by atoms with Crippen molar-refractivity contribution in [3.63, 3.8) is 0 Å². The lowest BCUT2D eigenvalue weighted by atomic mass is 10.2. The maximum Gasteiger partial charge on any atom is 0.315 e. The van der Waals surface area contributed by atoms with Crippen molar-refractivity contribution in [1.82, 2.24) is 4.90 Å². The van der Waals surface area contributed by atoms with Crippen LogP contribution in [0.5, 0.6) is 11.5 Å². The summed E-state index contributed by atoms with van der Waals surface area (Å²) >= 11 is 4.09. The largest absolute Gasteiger partial charge is 0.454 e. The average molecular weight is 254 g/mol. The van der Waals surface area contributed by atoms with Gasteiger partial charge in [0.15, 0.2) is 11.5 Å². The van der Waals surface area contributed by atoms with Gasteiger partial charge in [-0.1, -0.05) is 6.07 Å². The highest BCUT2D eigenvalue weighted by molar-refractivity contribution is 7.80. The fourth-order valence-corrected chi connectivity index (χ4v) is 1.89. The zero-order valence-corrected chi connectivity index (χ0v) is 10.2. The van der Waals surface area contributed by atoms with Crippen molar-refractivity contribution in [2.75, 3.05) is 19.1 Å². The van der Waals surface area contributed by atoms with Crippen LogP contribution in [0.2, 0.25) is 0 Å². The molecule has 2 N–H and O–H groups in total. The Hall–Kier alpha value is -1.56. The van der Waals surface area contributed by atoms with Crippen LogP contribution in [0.15, 0.2) is 18.2 Å². The van der Waals surface area contributed by atoms with Crippen molar-refractivity contribution >= 4 is 18.7 Å². The van der Waals surface area contributed by atoms with Gasteiger partial charge in [0.05, 0.1) is 0 Å². The van der Waals surface area contributed by atoms with Gasteiger partial charge in [-0.3, -0.25) is 0 Å². The van der Waals surface area contributed by atoms with E-state index >= 15 is 0 Å². The van der Waals surface area contributed by atoms with Crippen molar-refractivity contribution in [2.24, 2.45) is 5.73 Å². The third-order valence-electron chi connectivity index (χ3n) is 2.49. The molecule has 1 aromatic carbocycles. The smallest absolute Gasteiger partial charge is 0.315 e. The summed E-state index contributed by atoms with van der Waals surface area (Å²) in [6.45, 7) is 1.22. The van der Waals surface area contributed by atoms with Crippen LogP contribution in [-0.4, -0.2) is 30.0 Å². The zero-order chi connectivity index (χ0) is 12.3. The van der Waals surface area contributed by atoms with E-state index in [2.05, 4.69) is 12.6 Å². The van der Waals surface area contributed by atoms with Gasteiger partial charge in [0.25, 0.3) is 0 Å². The first-order valence-corrected chi connectivity index (χ1v) is 5.87. The van der Waals surface area contributed by atoms with Crippen molar-refractivity contribution in [2.45, 2.75) is 6.54 Å². The molecule has 0 unspecified atom stereocenters. The van der Waals surface area contributed by atoms with Gasteiger partial charge >= 0.3 is 6.03 Å². The minimum Gasteiger partial charge on any atom is -0.454 e. The minimum atomic E-state index is -0.447. The number of ether oxygens (including phenoxy) is 2. The molecule has 0 spiro atoms. The lowest BCUT2D eigenvalue weighted by Crippen LogP contribution is -2.36. The van der Waals surface area contributed by atoms with Crippen LogP contribution >= 0.6 is 12.6 Å². The van der Waals surface area contributed by atoms with Gasteiger partial charge in [-0.25, -0.2) is 4.79 Å². The van der Waals surface area contributed by atoms with E-state index in [1.54, 1.807) is 0 Å².